The molecule has 1 fully saturated rings. The first-order valence-corrected chi connectivity index (χ1v) is 8.28. The average molecular weight is 350 g/mol. The molecule has 2 N–H and O–H groups in total. The first-order chi connectivity index (χ1) is 10.1. The zero-order valence-electron chi connectivity index (χ0n) is 12.0. The summed E-state index contributed by atoms with van der Waals surface area (Å²) >= 11 is 3.54. The highest BCUT2D eigenvalue weighted by molar-refractivity contribution is 9.10. The Labute approximate surface area is 133 Å². The van der Waals surface area contributed by atoms with Gasteiger partial charge >= 0.3 is 0 Å². The van der Waals surface area contributed by atoms with E-state index < -0.39 is 0 Å². The molecule has 3 rings (SSSR count). The number of hydrogen-bond acceptors (Lipinski definition) is 4. The third-order valence-electron chi connectivity index (χ3n) is 4.17. The second-order valence-electron chi connectivity index (χ2n) is 5.97. The molecular formula is C16H20BrN3O. The summed E-state index contributed by atoms with van der Waals surface area (Å²) in [4.78, 5) is 4.51. The van der Waals surface area contributed by atoms with Crippen molar-refractivity contribution in [2.24, 2.45) is 5.73 Å². The Morgan fingerprint density at radius 3 is 2.71 bits per heavy atom. The van der Waals surface area contributed by atoms with Gasteiger partial charge in [0.2, 0.25) is 5.89 Å². The van der Waals surface area contributed by atoms with Crippen LogP contribution in [0.5, 0.6) is 0 Å². The number of aromatic nitrogens is 2. The van der Waals surface area contributed by atoms with Crippen molar-refractivity contribution in [2.45, 2.75) is 50.5 Å². The molecule has 0 aliphatic heterocycles. The van der Waals surface area contributed by atoms with Crippen molar-refractivity contribution >= 4 is 15.9 Å². The largest absolute Gasteiger partial charge is 0.339 e. The van der Waals surface area contributed by atoms with Crippen LogP contribution >= 0.6 is 15.9 Å². The standard InChI is InChI=1S/C16H20BrN3O/c17-13-7-3-2-6-12(13)10-14-19-15(21-20-14)11-16(18)8-4-1-5-9-16/h2-3,6-7H,1,4-5,8-11,18H2. The van der Waals surface area contributed by atoms with Crippen LogP contribution in [0.25, 0.3) is 0 Å². The fraction of sp³-hybridized carbons (Fsp3) is 0.500. The van der Waals surface area contributed by atoms with Gasteiger partial charge in [-0.2, -0.15) is 4.98 Å². The van der Waals surface area contributed by atoms with Crippen molar-refractivity contribution in [1.82, 2.24) is 10.1 Å². The minimum atomic E-state index is -0.157. The first kappa shape index (κ1) is 14.7. The number of benzene rings is 1. The molecule has 1 aromatic heterocycles. The van der Waals surface area contributed by atoms with Crippen LogP contribution in [0.3, 0.4) is 0 Å². The van der Waals surface area contributed by atoms with Crippen LogP contribution in [-0.2, 0) is 12.8 Å². The maximum atomic E-state index is 6.44. The van der Waals surface area contributed by atoms with E-state index in [0.29, 0.717) is 18.7 Å². The van der Waals surface area contributed by atoms with Crippen molar-refractivity contribution in [1.29, 1.82) is 0 Å². The molecule has 1 aromatic carbocycles. The normalized spacial score (nSPS) is 17.8. The van der Waals surface area contributed by atoms with Crippen LogP contribution in [0, 0.1) is 0 Å². The molecule has 1 saturated carbocycles. The van der Waals surface area contributed by atoms with E-state index in [1.807, 2.05) is 18.2 Å². The smallest absolute Gasteiger partial charge is 0.228 e. The number of hydrogen-bond donors (Lipinski definition) is 1. The summed E-state index contributed by atoms with van der Waals surface area (Å²) in [6, 6.07) is 8.09. The van der Waals surface area contributed by atoms with Crippen molar-refractivity contribution in [3.63, 3.8) is 0 Å². The summed E-state index contributed by atoms with van der Waals surface area (Å²) in [5.41, 5.74) is 7.44. The fourth-order valence-corrected chi connectivity index (χ4v) is 3.40. The summed E-state index contributed by atoms with van der Waals surface area (Å²) in [5.74, 6) is 1.39. The van der Waals surface area contributed by atoms with Crippen LogP contribution in [0.2, 0.25) is 0 Å². The Bertz CT molecular complexity index is 605. The molecule has 4 nitrogen and oxygen atoms in total. The molecule has 1 heterocycles. The zero-order chi connectivity index (χ0) is 14.7. The molecule has 0 radical (unpaired) electrons. The molecule has 0 amide bonds. The molecule has 2 aromatic rings. The number of nitrogens with two attached hydrogens (primary N) is 1. The minimum absolute atomic E-state index is 0.157. The van der Waals surface area contributed by atoms with Gasteiger partial charge in [0.15, 0.2) is 5.82 Å². The van der Waals surface area contributed by atoms with Gasteiger partial charge in [-0.1, -0.05) is 58.5 Å². The lowest BCUT2D eigenvalue weighted by Crippen LogP contribution is -2.43. The monoisotopic (exact) mass is 349 g/mol. The number of halogens is 1. The van der Waals surface area contributed by atoms with Gasteiger partial charge in [-0.3, -0.25) is 0 Å². The zero-order valence-corrected chi connectivity index (χ0v) is 13.6. The maximum Gasteiger partial charge on any atom is 0.228 e. The van der Waals surface area contributed by atoms with Crippen molar-refractivity contribution in [3.8, 4) is 0 Å². The maximum absolute atomic E-state index is 6.44. The second kappa shape index (κ2) is 6.28. The highest BCUT2D eigenvalue weighted by atomic mass is 79.9. The summed E-state index contributed by atoms with van der Waals surface area (Å²) in [7, 11) is 0. The minimum Gasteiger partial charge on any atom is -0.339 e. The Balaban J connectivity index is 1.67. The average Bonchev–Trinajstić information content (AvgIpc) is 2.89. The van der Waals surface area contributed by atoms with E-state index in [1.165, 1.54) is 19.3 Å². The van der Waals surface area contributed by atoms with E-state index in [0.717, 1.165) is 28.7 Å². The molecular weight excluding hydrogens is 330 g/mol. The Morgan fingerprint density at radius 1 is 1.19 bits per heavy atom. The van der Waals surface area contributed by atoms with E-state index in [1.54, 1.807) is 0 Å². The van der Waals surface area contributed by atoms with Gasteiger partial charge in [-0.25, -0.2) is 0 Å². The van der Waals surface area contributed by atoms with E-state index in [-0.39, 0.29) is 5.54 Å². The summed E-state index contributed by atoms with van der Waals surface area (Å²) in [5, 5.41) is 4.09. The van der Waals surface area contributed by atoms with E-state index in [4.69, 9.17) is 10.3 Å². The lowest BCUT2D eigenvalue weighted by Gasteiger charge is -2.31. The predicted octanol–water partition coefficient (Wildman–Crippen LogP) is 3.63. The van der Waals surface area contributed by atoms with Crippen molar-refractivity contribution in [3.05, 3.63) is 46.0 Å². The fourth-order valence-electron chi connectivity index (χ4n) is 2.98. The van der Waals surface area contributed by atoms with Gasteiger partial charge < -0.3 is 10.3 Å². The van der Waals surface area contributed by atoms with Crippen LogP contribution in [0.1, 0.15) is 49.4 Å². The predicted molar refractivity (Wildman–Crippen MR) is 85.0 cm³/mol. The van der Waals surface area contributed by atoms with Crippen LogP contribution < -0.4 is 5.73 Å². The quantitative estimate of drug-likeness (QED) is 0.915. The van der Waals surface area contributed by atoms with Crippen molar-refractivity contribution in [2.75, 3.05) is 0 Å². The molecule has 0 spiro atoms. The Hall–Kier alpha value is -1.20. The highest BCUT2D eigenvalue weighted by Crippen LogP contribution is 2.28. The molecule has 21 heavy (non-hydrogen) atoms. The van der Waals surface area contributed by atoms with Crippen LogP contribution in [-0.4, -0.2) is 15.7 Å². The van der Waals surface area contributed by atoms with E-state index in [2.05, 4.69) is 32.1 Å². The van der Waals surface area contributed by atoms with E-state index in [9.17, 15) is 0 Å². The van der Waals surface area contributed by atoms with Gasteiger partial charge in [0.25, 0.3) is 0 Å². The number of rotatable bonds is 4. The molecule has 0 saturated heterocycles. The second-order valence-corrected chi connectivity index (χ2v) is 6.83. The molecule has 1 aliphatic rings. The molecule has 5 heteroatoms. The van der Waals surface area contributed by atoms with Gasteiger partial charge in [0.05, 0.1) is 0 Å². The SMILES string of the molecule is NC1(Cc2nc(Cc3ccccc3Br)no2)CCCCC1. The molecule has 112 valence electrons. The lowest BCUT2D eigenvalue weighted by molar-refractivity contribution is 0.260. The molecule has 0 atom stereocenters. The summed E-state index contributed by atoms with van der Waals surface area (Å²) < 4.78 is 6.46. The Morgan fingerprint density at radius 2 is 1.95 bits per heavy atom. The number of nitrogens with zero attached hydrogens (tertiary/aromatic N) is 2. The van der Waals surface area contributed by atoms with E-state index >= 15 is 0 Å². The van der Waals surface area contributed by atoms with Crippen LogP contribution in [0.15, 0.2) is 33.3 Å². The summed E-state index contributed by atoms with van der Waals surface area (Å²) in [6.07, 6.45) is 7.15. The van der Waals surface area contributed by atoms with Crippen molar-refractivity contribution < 1.29 is 4.52 Å². The molecule has 1 aliphatic carbocycles. The van der Waals surface area contributed by atoms with Crippen LogP contribution in [0.4, 0.5) is 0 Å². The Kier molecular flexibility index (Phi) is 4.40. The first-order valence-electron chi connectivity index (χ1n) is 7.48. The third kappa shape index (κ3) is 3.71. The van der Waals surface area contributed by atoms with Gasteiger partial charge in [0.1, 0.15) is 0 Å². The molecule has 0 unspecified atom stereocenters. The topological polar surface area (TPSA) is 64.9 Å². The van der Waals surface area contributed by atoms with Gasteiger partial charge in [0, 0.05) is 22.9 Å². The highest BCUT2D eigenvalue weighted by Gasteiger charge is 2.30. The lowest BCUT2D eigenvalue weighted by atomic mass is 9.80. The van der Waals surface area contributed by atoms with Gasteiger partial charge in [-0.15, -0.1) is 0 Å². The third-order valence-corrected chi connectivity index (χ3v) is 4.94. The molecule has 0 bridgehead atoms. The summed E-state index contributed by atoms with van der Waals surface area (Å²) in [6.45, 7) is 0. The van der Waals surface area contributed by atoms with Gasteiger partial charge in [-0.05, 0) is 24.5 Å².